The molecule has 0 aliphatic heterocycles. The molecule has 0 amide bonds. The summed E-state index contributed by atoms with van der Waals surface area (Å²) in [7, 11) is 0. The number of fused-ring (bicyclic) bond motifs is 1. The van der Waals surface area contributed by atoms with Gasteiger partial charge in [0.2, 0.25) is 0 Å². The Labute approximate surface area is 54.8 Å². The van der Waals surface area contributed by atoms with Crippen molar-refractivity contribution in [3.63, 3.8) is 0 Å². The van der Waals surface area contributed by atoms with Gasteiger partial charge in [0.1, 0.15) is 5.78 Å². The van der Waals surface area contributed by atoms with Gasteiger partial charge in [0, 0.05) is 12.3 Å². The Balaban J connectivity index is 2.24. The van der Waals surface area contributed by atoms with Crippen LogP contribution >= 0.6 is 0 Å². The highest BCUT2D eigenvalue weighted by Gasteiger charge is 2.42. The summed E-state index contributed by atoms with van der Waals surface area (Å²) in [6.07, 6.45) is 4.21. The molecule has 0 aromatic carbocycles. The van der Waals surface area contributed by atoms with Gasteiger partial charge in [0.15, 0.2) is 0 Å². The standard InChI is InChI=1S/C8H10O/c1-5-2-3-6-4-7(9)8(5)6/h2,6,8H,3-4H2,1H3/t6-,8-/m1/s1. The van der Waals surface area contributed by atoms with Gasteiger partial charge in [0.05, 0.1) is 0 Å². The van der Waals surface area contributed by atoms with Gasteiger partial charge in [-0.25, -0.2) is 0 Å². The molecular weight excluding hydrogens is 112 g/mol. The molecule has 2 rings (SSSR count). The van der Waals surface area contributed by atoms with E-state index in [0.717, 1.165) is 12.8 Å². The Kier molecular flexibility index (Phi) is 0.850. The van der Waals surface area contributed by atoms with Crippen LogP contribution in [0.4, 0.5) is 0 Å². The van der Waals surface area contributed by atoms with E-state index in [1.54, 1.807) is 0 Å². The average molecular weight is 122 g/mol. The molecule has 1 fully saturated rings. The lowest BCUT2D eigenvalue weighted by atomic mass is 9.72. The number of ketones is 1. The number of hydrogen-bond donors (Lipinski definition) is 0. The first-order valence-corrected chi connectivity index (χ1v) is 3.48. The largest absolute Gasteiger partial charge is 0.299 e. The van der Waals surface area contributed by atoms with Crippen molar-refractivity contribution in [1.29, 1.82) is 0 Å². The fourth-order valence-electron chi connectivity index (χ4n) is 1.92. The van der Waals surface area contributed by atoms with Crippen molar-refractivity contribution >= 4 is 5.78 Å². The second-order valence-corrected chi connectivity index (χ2v) is 3.09. The molecule has 2 aliphatic rings. The van der Waals surface area contributed by atoms with Crippen molar-refractivity contribution in [1.82, 2.24) is 0 Å². The molecule has 0 N–H and O–H groups in total. The summed E-state index contributed by atoms with van der Waals surface area (Å²) in [6.45, 7) is 2.07. The van der Waals surface area contributed by atoms with Gasteiger partial charge < -0.3 is 0 Å². The van der Waals surface area contributed by atoms with Crippen LogP contribution in [0.5, 0.6) is 0 Å². The monoisotopic (exact) mass is 122 g/mol. The van der Waals surface area contributed by atoms with Gasteiger partial charge >= 0.3 is 0 Å². The average Bonchev–Trinajstić information content (AvgIpc) is 2.04. The van der Waals surface area contributed by atoms with Gasteiger partial charge in [-0.1, -0.05) is 11.6 Å². The van der Waals surface area contributed by atoms with E-state index in [1.807, 2.05) is 0 Å². The van der Waals surface area contributed by atoms with E-state index in [4.69, 9.17) is 0 Å². The minimum atomic E-state index is 0.352. The molecule has 48 valence electrons. The van der Waals surface area contributed by atoms with E-state index in [1.165, 1.54) is 5.57 Å². The summed E-state index contributed by atoms with van der Waals surface area (Å²) in [5, 5.41) is 0. The molecule has 0 bridgehead atoms. The van der Waals surface area contributed by atoms with E-state index in [0.29, 0.717) is 17.6 Å². The molecule has 0 unspecified atom stereocenters. The fraction of sp³-hybridized carbons (Fsp3) is 0.625. The first-order valence-electron chi connectivity index (χ1n) is 3.48. The first-order chi connectivity index (χ1) is 4.29. The van der Waals surface area contributed by atoms with Crippen LogP contribution in [-0.4, -0.2) is 5.78 Å². The summed E-state index contributed by atoms with van der Waals surface area (Å²) in [4.78, 5) is 10.9. The van der Waals surface area contributed by atoms with Gasteiger partial charge in [-0.2, -0.15) is 0 Å². The third-order valence-electron chi connectivity index (χ3n) is 2.51. The molecular formula is C8H10O. The molecule has 0 radical (unpaired) electrons. The van der Waals surface area contributed by atoms with Gasteiger partial charge in [-0.3, -0.25) is 4.79 Å². The van der Waals surface area contributed by atoms with Crippen molar-refractivity contribution in [2.24, 2.45) is 11.8 Å². The van der Waals surface area contributed by atoms with Crippen molar-refractivity contribution < 1.29 is 4.79 Å². The Morgan fingerprint density at radius 2 is 2.44 bits per heavy atom. The second kappa shape index (κ2) is 1.47. The minimum absolute atomic E-state index is 0.352. The van der Waals surface area contributed by atoms with Crippen molar-refractivity contribution in [2.75, 3.05) is 0 Å². The molecule has 1 saturated carbocycles. The summed E-state index contributed by atoms with van der Waals surface area (Å²) in [6, 6.07) is 0. The van der Waals surface area contributed by atoms with Crippen LogP contribution in [0.25, 0.3) is 0 Å². The van der Waals surface area contributed by atoms with E-state index in [-0.39, 0.29) is 0 Å². The normalized spacial score (nSPS) is 39.7. The predicted octanol–water partition coefficient (Wildman–Crippen LogP) is 1.54. The van der Waals surface area contributed by atoms with Crippen LogP contribution in [0.2, 0.25) is 0 Å². The smallest absolute Gasteiger partial charge is 0.140 e. The van der Waals surface area contributed by atoms with E-state index in [2.05, 4.69) is 13.0 Å². The molecule has 0 aromatic heterocycles. The highest BCUT2D eigenvalue weighted by molar-refractivity contribution is 5.90. The van der Waals surface area contributed by atoms with Gasteiger partial charge in [0.25, 0.3) is 0 Å². The zero-order valence-corrected chi connectivity index (χ0v) is 5.55. The maximum atomic E-state index is 10.9. The highest BCUT2D eigenvalue weighted by Crippen LogP contribution is 2.43. The van der Waals surface area contributed by atoms with Crippen LogP contribution in [0, 0.1) is 11.8 Å². The zero-order chi connectivity index (χ0) is 6.43. The molecule has 2 aliphatic carbocycles. The van der Waals surface area contributed by atoms with E-state index < -0.39 is 0 Å². The number of hydrogen-bond acceptors (Lipinski definition) is 1. The number of rotatable bonds is 0. The topological polar surface area (TPSA) is 17.1 Å². The van der Waals surface area contributed by atoms with Crippen LogP contribution in [-0.2, 0) is 4.79 Å². The van der Waals surface area contributed by atoms with Crippen LogP contribution in [0.3, 0.4) is 0 Å². The Morgan fingerprint density at radius 3 is 2.89 bits per heavy atom. The molecule has 1 nitrogen and oxygen atoms in total. The van der Waals surface area contributed by atoms with Crippen LogP contribution in [0.1, 0.15) is 19.8 Å². The minimum Gasteiger partial charge on any atom is -0.299 e. The molecule has 0 spiro atoms. The Hall–Kier alpha value is -0.590. The number of carbonyl (C=O) groups excluding carboxylic acids is 1. The lowest BCUT2D eigenvalue weighted by Gasteiger charge is -2.29. The highest BCUT2D eigenvalue weighted by atomic mass is 16.1. The third kappa shape index (κ3) is 0.521. The van der Waals surface area contributed by atoms with Crippen molar-refractivity contribution in [2.45, 2.75) is 19.8 Å². The van der Waals surface area contributed by atoms with Crippen LogP contribution < -0.4 is 0 Å². The Bertz CT molecular complexity index is 191. The number of allylic oxidation sites excluding steroid dienone is 2. The van der Waals surface area contributed by atoms with Crippen molar-refractivity contribution in [3.8, 4) is 0 Å². The predicted molar refractivity (Wildman–Crippen MR) is 35.0 cm³/mol. The lowest BCUT2D eigenvalue weighted by molar-refractivity contribution is -0.131. The third-order valence-corrected chi connectivity index (χ3v) is 2.51. The van der Waals surface area contributed by atoms with Crippen LogP contribution in [0.15, 0.2) is 11.6 Å². The van der Waals surface area contributed by atoms with E-state index in [9.17, 15) is 4.79 Å². The summed E-state index contributed by atoms with van der Waals surface area (Å²) in [5.74, 6) is 1.52. The summed E-state index contributed by atoms with van der Waals surface area (Å²) >= 11 is 0. The summed E-state index contributed by atoms with van der Waals surface area (Å²) in [5.41, 5.74) is 1.32. The summed E-state index contributed by atoms with van der Waals surface area (Å²) < 4.78 is 0. The molecule has 1 heteroatoms. The van der Waals surface area contributed by atoms with Gasteiger partial charge in [-0.15, -0.1) is 0 Å². The molecule has 0 saturated heterocycles. The quantitative estimate of drug-likeness (QED) is 0.445. The fourth-order valence-corrected chi connectivity index (χ4v) is 1.92. The first kappa shape index (κ1) is 5.21. The SMILES string of the molecule is CC1=CC[C@@H]2CC(=O)[C@H]12. The van der Waals surface area contributed by atoms with Crippen molar-refractivity contribution in [3.05, 3.63) is 11.6 Å². The molecule has 9 heavy (non-hydrogen) atoms. The van der Waals surface area contributed by atoms with Gasteiger partial charge in [-0.05, 0) is 19.3 Å². The zero-order valence-electron chi connectivity index (χ0n) is 5.55. The number of carbonyl (C=O) groups is 1. The Morgan fingerprint density at radius 1 is 1.67 bits per heavy atom. The maximum Gasteiger partial charge on any atom is 0.140 e. The maximum absolute atomic E-state index is 10.9. The molecule has 2 atom stereocenters. The lowest BCUT2D eigenvalue weighted by Crippen LogP contribution is -2.34. The second-order valence-electron chi connectivity index (χ2n) is 3.09. The molecule has 0 aromatic rings. The van der Waals surface area contributed by atoms with E-state index >= 15 is 0 Å². The number of Topliss-reactive ketones (excluding diaryl/α,β-unsaturated/α-hetero) is 1. The molecule has 0 heterocycles.